The minimum atomic E-state index is -0.378. The highest BCUT2D eigenvalue weighted by atomic mass is 35.5. The minimum Gasteiger partial charge on any atom is -0.508 e. The molecule has 0 spiro atoms. The van der Waals surface area contributed by atoms with Gasteiger partial charge in [-0.3, -0.25) is 4.79 Å². The van der Waals surface area contributed by atoms with Crippen molar-refractivity contribution >= 4 is 17.5 Å². The van der Waals surface area contributed by atoms with E-state index in [9.17, 15) is 9.90 Å². The van der Waals surface area contributed by atoms with Gasteiger partial charge >= 0.3 is 0 Å². The predicted molar refractivity (Wildman–Crippen MR) is 77.3 cm³/mol. The van der Waals surface area contributed by atoms with E-state index in [0.717, 1.165) is 11.6 Å². The SMILES string of the molecule is O=C(NCCc1ccc(Cl)cc1)c1ccc(O)cc1O. The van der Waals surface area contributed by atoms with Gasteiger partial charge in [0.2, 0.25) is 0 Å². The minimum absolute atomic E-state index is 0.0831. The van der Waals surface area contributed by atoms with Gasteiger partial charge in [0.25, 0.3) is 5.91 Å². The monoisotopic (exact) mass is 291 g/mol. The summed E-state index contributed by atoms with van der Waals surface area (Å²) < 4.78 is 0. The molecule has 0 aliphatic carbocycles. The second-order valence-corrected chi connectivity index (χ2v) is 4.77. The van der Waals surface area contributed by atoms with Crippen LogP contribution in [0.25, 0.3) is 0 Å². The first kappa shape index (κ1) is 14.2. The maximum absolute atomic E-state index is 11.8. The highest BCUT2D eigenvalue weighted by Crippen LogP contribution is 2.22. The first-order valence-electron chi connectivity index (χ1n) is 6.11. The Morgan fingerprint density at radius 2 is 1.80 bits per heavy atom. The van der Waals surface area contributed by atoms with E-state index in [0.29, 0.717) is 18.0 Å². The van der Waals surface area contributed by atoms with Crippen LogP contribution in [0.2, 0.25) is 5.02 Å². The Hall–Kier alpha value is -2.20. The number of hydrogen-bond donors (Lipinski definition) is 3. The molecule has 0 bridgehead atoms. The number of carbonyl (C=O) groups excluding carboxylic acids is 1. The Bertz CT molecular complexity index is 611. The Morgan fingerprint density at radius 1 is 1.10 bits per heavy atom. The van der Waals surface area contributed by atoms with Gasteiger partial charge in [0, 0.05) is 17.6 Å². The van der Waals surface area contributed by atoms with Crippen LogP contribution < -0.4 is 5.32 Å². The van der Waals surface area contributed by atoms with Crippen LogP contribution in [-0.4, -0.2) is 22.7 Å². The summed E-state index contributed by atoms with van der Waals surface area (Å²) in [4.78, 5) is 11.8. The van der Waals surface area contributed by atoms with Crippen LogP contribution in [0.1, 0.15) is 15.9 Å². The molecule has 0 aromatic heterocycles. The average Bonchev–Trinajstić information content (AvgIpc) is 2.41. The van der Waals surface area contributed by atoms with Crippen molar-refractivity contribution in [2.75, 3.05) is 6.54 Å². The van der Waals surface area contributed by atoms with Crippen molar-refractivity contribution in [3.63, 3.8) is 0 Å². The van der Waals surface area contributed by atoms with Crippen LogP contribution >= 0.6 is 11.6 Å². The number of phenolic OH excluding ortho intramolecular Hbond substituents is 2. The van der Waals surface area contributed by atoms with Crippen LogP contribution in [0.3, 0.4) is 0 Å². The Morgan fingerprint density at radius 3 is 2.45 bits per heavy atom. The van der Waals surface area contributed by atoms with Crippen molar-refractivity contribution in [2.24, 2.45) is 0 Å². The summed E-state index contributed by atoms with van der Waals surface area (Å²) in [6, 6.07) is 11.2. The van der Waals surface area contributed by atoms with Crippen molar-refractivity contribution in [2.45, 2.75) is 6.42 Å². The van der Waals surface area contributed by atoms with Crippen molar-refractivity contribution < 1.29 is 15.0 Å². The Labute approximate surface area is 121 Å². The number of amides is 1. The van der Waals surface area contributed by atoms with E-state index >= 15 is 0 Å². The van der Waals surface area contributed by atoms with Gasteiger partial charge in [0.05, 0.1) is 5.56 Å². The topological polar surface area (TPSA) is 69.6 Å². The normalized spacial score (nSPS) is 10.2. The molecular weight excluding hydrogens is 278 g/mol. The molecule has 0 radical (unpaired) electrons. The van der Waals surface area contributed by atoms with E-state index in [1.807, 2.05) is 12.1 Å². The number of phenols is 2. The smallest absolute Gasteiger partial charge is 0.255 e. The van der Waals surface area contributed by atoms with Crippen molar-refractivity contribution in [1.29, 1.82) is 0 Å². The van der Waals surface area contributed by atoms with Gasteiger partial charge in [-0.15, -0.1) is 0 Å². The first-order chi connectivity index (χ1) is 9.56. The van der Waals surface area contributed by atoms with Gasteiger partial charge in [0.1, 0.15) is 11.5 Å². The lowest BCUT2D eigenvalue weighted by molar-refractivity contribution is 0.0951. The summed E-state index contributed by atoms with van der Waals surface area (Å²) in [7, 11) is 0. The van der Waals surface area contributed by atoms with Gasteiger partial charge in [-0.1, -0.05) is 23.7 Å². The van der Waals surface area contributed by atoms with Crippen LogP contribution in [0, 0.1) is 0 Å². The largest absolute Gasteiger partial charge is 0.508 e. The zero-order chi connectivity index (χ0) is 14.5. The standard InChI is InChI=1S/C15H14ClNO3/c16-11-3-1-10(2-4-11)7-8-17-15(20)13-6-5-12(18)9-14(13)19/h1-6,9,18-19H,7-8H2,(H,17,20). The van der Waals surface area contributed by atoms with Crippen molar-refractivity contribution in [1.82, 2.24) is 5.32 Å². The molecule has 5 heteroatoms. The van der Waals surface area contributed by atoms with Crippen LogP contribution in [0.4, 0.5) is 0 Å². The van der Waals surface area contributed by atoms with Gasteiger partial charge in [-0.25, -0.2) is 0 Å². The number of aromatic hydroxyl groups is 2. The molecule has 0 atom stereocenters. The van der Waals surface area contributed by atoms with Gasteiger partial charge in [0.15, 0.2) is 0 Å². The molecule has 0 heterocycles. The second-order valence-electron chi connectivity index (χ2n) is 4.33. The van der Waals surface area contributed by atoms with Gasteiger partial charge < -0.3 is 15.5 Å². The van der Waals surface area contributed by atoms with E-state index in [4.69, 9.17) is 16.7 Å². The lowest BCUT2D eigenvalue weighted by atomic mass is 10.1. The zero-order valence-electron chi connectivity index (χ0n) is 10.6. The molecule has 0 aliphatic heterocycles. The fraction of sp³-hybridized carbons (Fsp3) is 0.133. The fourth-order valence-electron chi connectivity index (χ4n) is 1.78. The zero-order valence-corrected chi connectivity index (χ0v) is 11.4. The van der Waals surface area contributed by atoms with E-state index in [2.05, 4.69) is 5.32 Å². The molecule has 0 fully saturated rings. The highest BCUT2D eigenvalue weighted by molar-refractivity contribution is 6.30. The van der Waals surface area contributed by atoms with Crippen LogP contribution in [0.15, 0.2) is 42.5 Å². The van der Waals surface area contributed by atoms with Crippen LogP contribution in [0.5, 0.6) is 11.5 Å². The summed E-state index contributed by atoms with van der Waals surface area (Å²) in [5.41, 5.74) is 1.20. The maximum Gasteiger partial charge on any atom is 0.255 e. The number of hydrogen-bond acceptors (Lipinski definition) is 3. The predicted octanol–water partition coefficient (Wildman–Crippen LogP) is 2.72. The molecule has 20 heavy (non-hydrogen) atoms. The Kier molecular flexibility index (Phi) is 4.48. The average molecular weight is 292 g/mol. The van der Waals surface area contributed by atoms with Gasteiger partial charge in [-0.2, -0.15) is 0 Å². The first-order valence-corrected chi connectivity index (χ1v) is 6.48. The molecule has 0 aliphatic rings. The quantitative estimate of drug-likeness (QED) is 0.811. The van der Waals surface area contributed by atoms with E-state index in [-0.39, 0.29) is 23.0 Å². The van der Waals surface area contributed by atoms with E-state index in [1.54, 1.807) is 12.1 Å². The molecule has 2 rings (SSSR count). The lowest BCUT2D eigenvalue weighted by Crippen LogP contribution is -2.25. The maximum atomic E-state index is 11.8. The molecule has 0 unspecified atom stereocenters. The summed E-state index contributed by atoms with van der Waals surface area (Å²) in [6.07, 6.45) is 0.668. The lowest BCUT2D eigenvalue weighted by Gasteiger charge is -2.07. The molecule has 0 saturated carbocycles. The number of benzene rings is 2. The summed E-state index contributed by atoms with van der Waals surface area (Å²) >= 11 is 5.79. The highest BCUT2D eigenvalue weighted by Gasteiger charge is 2.10. The molecule has 1 amide bonds. The van der Waals surface area contributed by atoms with Crippen molar-refractivity contribution in [3.8, 4) is 11.5 Å². The molecule has 2 aromatic rings. The third-order valence-electron chi connectivity index (χ3n) is 2.84. The Balaban J connectivity index is 1.90. The molecule has 3 N–H and O–H groups in total. The van der Waals surface area contributed by atoms with E-state index < -0.39 is 0 Å². The van der Waals surface area contributed by atoms with Crippen molar-refractivity contribution in [3.05, 3.63) is 58.6 Å². The molecule has 4 nitrogen and oxygen atoms in total. The summed E-state index contributed by atoms with van der Waals surface area (Å²) in [6.45, 7) is 0.445. The van der Waals surface area contributed by atoms with Gasteiger partial charge in [-0.05, 0) is 36.2 Å². The number of carbonyl (C=O) groups is 1. The molecule has 104 valence electrons. The second kappa shape index (κ2) is 6.30. The van der Waals surface area contributed by atoms with Crippen LogP contribution in [-0.2, 0) is 6.42 Å². The molecular formula is C15H14ClNO3. The molecule has 0 saturated heterocycles. The van der Waals surface area contributed by atoms with E-state index in [1.165, 1.54) is 12.1 Å². The third-order valence-corrected chi connectivity index (χ3v) is 3.09. The third kappa shape index (κ3) is 3.65. The number of rotatable bonds is 4. The summed E-state index contributed by atoms with van der Waals surface area (Å²) in [5, 5.41) is 22.1. The summed E-state index contributed by atoms with van der Waals surface area (Å²) in [5.74, 6) is -0.703. The number of nitrogens with one attached hydrogen (secondary N) is 1. The number of halogens is 1. The molecule has 2 aromatic carbocycles. The fourth-order valence-corrected chi connectivity index (χ4v) is 1.90.